The summed E-state index contributed by atoms with van der Waals surface area (Å²) < 4.78 is 12.5. The summed E-state index contributed by atoms with van der Waals surface area (Å²) in [7, 11) is 0. The van der Waals surface area contributed by atoms with Crippen molar-refractivity contribution in [2.24, 2.45) is 5.92 Å². The Labute approximate surface area is 74.9 Å². The number of nitrogens with zero attached hydrogens (tertiary/aromatic N) is 1. The molecule has 1 saturated heterocycles. The molecule has 1 aliphatic heterocycles. The van der Waals surface area contributed by atoms with Gasteiger partial charge in [-0.2, -0.15) is 0 Å². The molecule has 1 heterocycles. The van der Waals surface area contributed by atoms with Crippen molar-refractivity contribution in [3.05, 3.63) is 0 Å². The van der Waals surface area contributed by atoms with Crippen LogP contribution in [-0.2, 0) is 0 Å². The van der Waals surface area contributed by atoms with E-state index in [0.717, 1.165) is 19.5 Å². The molecule has 2 heteroatoms. The van der Waals surface area contributed by atoms with E-state index < -0.39 is 0 Å². The van der Waals surface area contributed by atoms with Gasteiger partial charge in [0.1, 0.15) is 0 Å². The molecule has 0 bridgehead atoms. The van der Waals surface area contributed by atoms with E-state index in [4.69, 9.17) is 0 Å². The van der Waals surface area contributed by atoms with E-state index in [1.54, 1.807) is 0 Å². The van der Waals surface area contributed by atoms with Crippen LogP contribution in [0.2, 0.25) is 0 Å². The molecular weight excluding hydrogens is 153 g/mol. The predicted octanol–water partition coefficient (Wildman–Crippen LogP) is 2.47. The number of hydrogen-bond acceptors (Lipinski definition) is 1. The van der Waals surface area contributed by atoms with Gasteiger partial charge in [0.05, 0.1) is 6.67 Å². The zero-order chi connectivity index (χ0) is 8.97. The SMILES string of the molecule is CC(C)N1CCCC[C@@H](CF)C1. The second-order valence-corrected chi connectivity index (χ2v) is 4.10. The van der Waals surface area contributed by atoms with Gasteiger partial charge in [-0.3, -0.25) is 4.39 Å². The highest BCUT2D eigenvalue weighted by Crippen LogP contribution is 2.18. The third-order valence-electron chi connectivity index (χ3n) is 2.75. The first kappa shape index (κ1) is 9.97. The Hall–Kier alpha value is -0.110. The van der Waals surface area contributed by atoms with Crippen LogP contribution in [0.15, 0.2) is 0 Å². The van der Waals surface area contributed by atoms with Gasteiger partial charge in [0.15, 0.2) is 0 Å². The average Bonchev–Trinajstić information content (AvgIpc) is 2.28. The summed E-state index contributed by atoms with van der Waals surface area (Å²) in [6.45, 7) is 6.38. The van der Waals surface area contributed by atoms with Crippen molar-refractivity contribution in [2.75, 3.05) is 19.8 Å². The van der Waals surface area contributed by atoms with Crippen LogP contribution < -0.4 is 0 Å². The summed E-state index contributed by atoms with van der Waals surface area (Å²) in [5.41, 5.74) is 0. The lowest BCUT2D eigenvalue weighted by Gasteiger charge is -2.26. The number of alkyl halides is 1. The van der Waals surface area contributed by atoms with Crippen molar-refractivity contribution in [1.82, 2.24) is 4.90 Å². The number of rotatable bonds is 2. The summed E-state index contributed by atoms with van der Waals surface area (Å²) >= 11 is 0. The fraction of sp³-hybridized carbons (Fsp3) is 1.00. The van der Waals surface area contributed by atoms with Gasteiger partial charge < -0.3 is 4.90 Å². The van der Waals surface area contributed by atoms with E-state index in [2.05, 4.69) is 18.7 Å². The topological polar surface area (TPSA) is 3.24 Å². The van der Waals surface area contributed by atoms with Crippen LogP contribution in [0.4, 0.5) is 4.39 Å². The number of halogens is 1. The highest BCUT2D eigenvalue weighted by atomic mass is 19.1. The van der Waals surface area contributed by atoms with Gasteiger partial charge in [-0.25, -0.2) is 0 Å². The van der Waals surface area contributed by atoms with Crippen molar-refractivity contribution in [3.8, 4) is 0 Å². The maximum absolute atomic E-state index is 12.5. The molecule has 72 valence electrons. The molecule has 0 saturated carbocycles. The normalized spacial score (nSPS) is 27.5. The molecule has 1 nitrogen and oxygen atoms in total. The van der Waals surface area contributed by atoms with Gasteiger partial charge in [-0.15, -0.1) is 0 Å². The lowest BCUT2D eigenvalue weighted by Crippen LogP contribution is -2.34. The molecule has 1 atom stereocenters. The highest BCUT2D eigenvalue weighted by Gasteiger charge is 2.19. The van der Waals surface area contributed by atoms with Crippen molar-refractivity contribution in [3.63, 3.8) is 0 Å². The summed E-state index contributed by atoms with van der Waals surface area (Å²) in [5.74, 6) is 0.301. The molecule has 1 rings (SSSR count). The zero-order valence-corrected chi connectivity index (χ0v) is 8.22. The average molecular weight is 173 g/mol. The molecule has 1 fully saturated rings. The molecule has 0 aromatic heterocycles. The molecule has 12 heavy (non-hydrogen) atoms. The molecule has 0 N–H and O–H groups in total. The molecule has 0 aromatic carbocycles. The molecule has 0 radical (unpaired) electrons. The molecule has 1 aliphatic rings. The monoisotopic (exact) mass is 173 g/mol. The smallest absolute Gasteiger partial charge is 0.0934 e. The van der Waals surface area contributed by atoms with Crippen LogP contribution >= 0.6 is 0 Å². The largest absolute Gasteiger partial charge is 0.301 e. The summed E-state index contributed by atoms with van der Waals surface area (Å²) in [6.07, 6.45) is 3.53. The van der Waals surface area contributed by atoms with Crippen LogP contribution in [0.3, 0.4) is 0 Å². The first-order valence-electron chi connectivity index (χ1n) is 5.04. The van der Waals surface area contributed by atoms with E-state index in [1.807, 2.05) is 0 Å². The second-order valence-electron chi connectivity index (χ2n) is 4.10. The van der Waals surface area contributed by atoms with E-state index in [-0.39, 0.29) is 6.67 Å². The number of hydrogen-bond donors (Lipinski definition) is 0. The Bertz CT molecular complexity index is 125. The van der Waals surface area contributed by atoms with Crippen molar-refractivity contribution in [2.45, 2.75) is 39.2 Å². The summed E-state index contributed by atoms with van der Waals surface area (Å²) in [4.78, 5) is 2.40. The second kappa shape index (κ2) is 4.80. The zero-order valence-electron chi connectivity index (χ0n) is 8.22. The maximum Gasteiger partial charge on any atom is 0.0934 e. The Morgan fingerprint density at radius 1 is 1.42 bits per heavy atom. The van der Waals surface area contributed by atoms with Gasteiger partial charge in [0.25, 0.3) is 0 Å². The minimum Gasteiger partial charge on any atom is -0.301 e. The quantitative estimate of drug-likeness (QED) is 0.620. The standard InChI is InChI=1S/C10H20FN/c1-9(2)12-6-4-3-5-10(7-11)8-12/h9-10H,3-8H2,1-2H3/t10-/m0/s1. The minimum absolute atomic E-state index is 0.136. The number of likely N-dealkylation sites (tertiary alicyclic amines) is 1. The van der Waals surface area contributed by atoms with E-state index in [0.29, 0.717) is 12.0 Å². The van der Waals surface area contributed by atoms with Crippen LogP contribution in [-0.4, -0.2) is 30.7 Å². The van der Waals surface area contributed by atoms with Gasteiger partial charge in [0.2, 0.25) is 0 Å². The van der Waals surface area contributed by atoms with E-state index in [9.17, 15) is 4.39 Å². The van der Waals surface area contributed by atoms with E-state index >= 15 is 0 Å². The lowest BCUT2D eigenvalue weighted by atomic mass is 10.1. The van der Waals surface area contributed by atoms with Crippen molar-refractivity contribution in [1.29, 1.82) is 0 Å². The highest BCUT2D eigenvalue weighted by molar-refractivity contribution is 4.72. The van der Waals surface area contributed by atoms with Crippen LogP contribution in [0, 0.1) is 5.92 Å². The minimum atomic E-state index is -0.136. The molecule has 0 spiro atoms. The van der Waals surface area contributed by atoms with Crippen LogP contribution in [0.5, 0.6) is 0 Å². The first-order valence-corrected chi connectivity index (χ1v) is 5.04. The van der Waals surface area contributed by atoms with Gasteiger partial charge in [-0.05, 0) is 39.2 Å². The van der Waals surface area contributed by atoms with Crippen molar-refractivity contribution >= 4 is 0 Å². The van der Waals surface area contributed by atoms with E-state index in [1.165, 1.54) is 12.8 Å². The predicted molar refractivity (Wildman–Crippen MR) is 50.0 cm³/mol. The third kappa shape index (κ3) is 2.74. The third-order valence-corrected chi connectivity index (χ3v) is 2.75. The fourth-order valence-corrected chi connectivity index (χ4v) is 1.86. The molecule has 0 aromatic rings. The van der Waals surface area contributed by atoms with Crippen LogP contribution in [0.25, 0.3) is 0 Å². The van der Waals surface area contributed by atoms with Gasteiger partial charge in [0, 0.05) is 12.6 Å². The Balaban J connectivity index is 2.42. The Morgan fingerprint density at radius 2 is 2.17 bits per heavy atom. The van der Waals surface area contributed by atoms with Gasteiger partial charge in [-0.1, -0.05) is 6.42 Å². The lowest BCUT2D eigenvalue weighted by molar-refractivity contribution is 0.186. The Morgan fingerprint density at radius 3 is 2.75 bits per heavy atom. The fourth-order valence-electron chi connectivity index (χ4n) is 1.86. The molecule has 0 aliphatic carbocycles. The first-order chi connectivity index (χ1) is 5.74. The Kier molecular flexibility index (Phi) is 3.99. The molecule has 0 amide bonds. The van der Waals surface area contributed by atoms with Crippen molar-refractivity contribution < 1.29 is 4.39 Å². The maximum atomic E-state index is 12.5. The summed E-state index contributed by atoms with van der Waals surface area (Å²) in [6, 6.07) is 0.581. The molecule has 0 unspecified atom stereocenters. The molecular formula is C10H20FN. The summed E-state index contributed by atoms with van der Waals surface area (Å²) in [5, 5.41) is 0. The van der Waals surface area contributed by atoms with Gasteiger partial charge >= 0.3 is 0 Å². The van der Waals surface area contributed by atoms with Crippen LogP contribution in [0.1, 0.15) is 33.1 Å².